The van der Waals surface area contributed by atoms with Gasteiger partial charge < -0.3 is 19.1 Å². The van der Waals surface area contributed by atoms with E-state index in [0.717, 1.165) is 36.7 Å². The van der Waals surface area contributed by atoms with Crippen molar-refractivity contribution in [2.45, 2.75) is 83.3 Å². The van der Waals surface area contributed by atoms with Crippen molar-refractivity contribution >= 4 is 23.1 Å². The molecule has 1 unspecified atom stereocenters. The molecule has 1 aromatic heterocycles. The molecule has 0 bridgehead atoms. The highest BCUT2D eigenvalue weighted by Gasteiger charge is 2.26. The Morgan fingerprint density at radius 2 is 1.69 bits per heavy atom. The van der Waals surface area contributed by atoms with Crippen LogP contribution in [0.25, 0.3) is 10.9 Å². The van der Waals surface area contributed by atoms with Crippen LogP contribution in [0.4, 0.5) is 8.78 Å². The van der Waals surface area contributed by atoms with Gasteiger partial charge >= 0.3 is 5.69 Å². The largest absolute Gasteiger partial charge is 0.487 e. The van der Waals surface area contributed by atoms with Gasteiger partial charge in [-0.15, -0.1) is 0 Å². The van der Waals surface area contributed by atoms with Crippen LogP contribution >= 0.6 is 0 Å². The number of likely N-dealkylation sites (tertiary alicyclic amines) is 1. The maximum atomic E-state index is 14.1. The zero-order valence-electron chi connectivity index (χ0n) is 25.6. The number of alkyl halides is 2. The lowest BCUT2D eigenvalue weighted by Gasteiger charge is -2.31. The number of aromatic nitrogens is 2. The molecule has 10 nitrogen and oxygen atoms in total. The first-order chi connectivity index (χ1) is 21.7. The molecule has 2 heterocycles. The Labute approximate surface area is 259 Å². The summed E-state index contributed by atoms with van der Waals surface area (Å²) in [5.74, 6) is 0.773. The third-order valence-corrected chi connectivity index (χ3v) is 8.62. The summed E-state index contributed by atoms with van der Waals surface area (Å²) in [6.07, 6.45) is 3.76. The van der Waals surface area contributed by atoms with Crippen molar-refractivity contribution in [3.05, 3.63) is 62.8 Å². The molecule has 1 aliphatic carbocycles. The number of carbonyl (C=O) groups excluding carboxylic acids is 2. The number of benzene rings is 2. The molecule has 0 radical (unpaired) electrons. The van der Waals surface area contributed by atoms with E-state index in [1.54, 1.807) is 40.7 Å². The number of rotatable bonds is 13. The molecule has 12 heteroatoms. The molecule has 1 aliphatic heterocycles. The molecule has 0 spiro atoms. The van der Waals surface area contributed by atoms with E-state index in [-0.39, 0.29) is 35.6 Å². The number of ketones is 1. The summed E-state index contributed by atoms with van der Waals surface area (Å²) in [6.45, 7) is 1.79. The van der Waals surface area contributed by atoms with E-state index in [4.69, 9.17) is 14.2 Å². The Morgan fingerprint density at radius 3 is 2.33 bits per heavy atom. The van der Waals surface area contributed by atoms with Crippen molar-refractivity contribution in [2.24, 2.45) is 0 Å². The summed E-state index contributed by atoms with van der Waals surface area (Å²) in [5, 5.41) is 0.157. The highest BCUT2D eigenvalue weighted by atomic mass is 19.1. The lowest BCUT2D eigenvalue weighted by Crippen LogP contribution is -2.44. The number of nitrogens with zero attached hydrogens (tertiary/aromatic N) is 3. The first kappa shape index (κ1) is 32.2. The zero-order valence-corrected chi connectivity index (χ0v) is 25.6. The fraction of sp³-hybridized carbons (Fsp3) is 0.515. The third-order valence-electron chi connectivity index (χ3n) is 8.62. The Balaban J connectivity index is 1.58. The normalized spacial score (nSPS) is 16.7. The SMILES string of the molecule is CC(=O)C(C)Oc1cc(Cn2c(=O)c3cc(OC(CF)CF)ccc3n(C3CCN(C=O)CC3)c2=O)ccc1OC1CCCC1. The Kier molecular flexibility index (Phi) is 10.2. The third kappa shape index (κ3) is 7.20. The van der Waals surface area contributed by atoms with E-state index in [9.17, 15) is 28.0 Å². The maximum absolute atomic E-state index is 14.1. The van der Waals surface area contributed by atoms with Gasteiger partial charge in [0.1, 0.15) is 19.1 Å². The smallest absolute Gasteiger partial charge is 0.332 e. The predicted octanol–water partition coefficient (Wildman–Crippen LogP) is 4.37. The minimum absolute atomic E-state index is 0.0394. The van der Waals surface area contributed by atoms with E-state index < -0.39 is 36.8 Å². The van der Waals surface area contributed by atoms with Gasteiger partial charge in [0, 0.05) is 19.1 Å². The zero-order chi connectivity index (χ0) is 32.1. The summed E-state index contributed by atoms with van der Waals surface area (Å²) in [6, 6.07) is 9.33. The molecule has 1 atom stereocenters. The second-order valence-electron chi connectivity index (χ2n) is 11.8. The van der Waals surface area contributed by atoms with E-state index >= 15 is 0 Å². The fourth-order valence-corrected chi connectivity index (χ4v) is 5.96. The van der Waals surface area contributed by atoms with Crippen LogP contribution in [0.3, 0.4) is 0 Å². The van der Waals surface area contributed by atoms with E-state index in [2.05, 4.69) is 0 Å². The van der Waals surface area contributed by atoms with Gasteiger partial charge in [-0.25, -0.2) is 13.6 Å². The number of hydrogen-bond acceptors (Lipinski definition) is 7. The van der Waals surface area contributed by atoms with Crippen LogP contribution in [0, 0.1) is 0 Å². The van der Waals surface area contributed by atoms with Gasteiger partial charge in [0.15, 0.2) is 29.5 Å². The first-order valence-corrected chi connectivity index (χ1v) is 15.5. The molecule has 1 saturated heterocycles. The number of piperidine rings is 1. The molecule has 2 aromatic carbocycles. The van der Waals surface area contributed by atoms with Crippen molar-refractivity contribution in [2.75, 3.05) is 26.4 Å². The summed E-state index contributed by atoms with van der Waals surface area (Å²) in [7, 11) is 0. The quantitative estimate of drug-likeness (QED) is 0.259. The number of fused-ring (bicyclic) bond motifs is 1. The molecular formula is C33H39F2N3O7. The van der Waals surface area contributed by atoms with E-state index in [1.165, 1.54) is 19.1 Å². The molecule has 3 aromatic rings. The second kappa shape index (κ2) is 14.3. The monoisotopic (exact) mass is 627 g/mol. The molecule has 5 rings (SSSR count). The Hall–Kier alpha value is -4.22. The Bertz CT molecular complexity index is 1640. The van der Waals surface area contributed by atoms with Crippen LogP contribution in [0.5, 0.6) is 17.2 Å². The molecule has 1 saturated carbocycles. The fourth-order valence-electron chi connectivity index (χ4n) is 5.96. The van der Waals surface area contributed by atoms with Crippen molar-refractivity contribution in [3.63, 3.8) is 0 Å². The topological polar surface area (TPSA) is 109 Å². The van der Waals surface area contributed by atoms with Crippen molar-refractivity contribution in [3.8, 4) is 17.2 Å². The van der Waals surface area contributed by atoms with Crippen LogP contribution < -0.4 is 25.5 Å². The number of carbonyl (C=O) groups is 2. The van der Waals surface area contributed by atoms with Gasteiger partial charge in [-0.05, 0) is 88.3 Å². The summed E-state index contributed by atoms with van der Waals surface area (Å²) < 4.78 is 46.7. The number of ether oxygens (including phenoxy) is 3. The van der Waals surface area contributed by atoms with Gasteiger partial charge in [-0.3, -0.25) is 23.5 Å². The predicted molar refractivity (Wildman–Crippen MR) is 164 cm³/mol. The average Bonchev–Trinajstić information content (AvgIpc) is 3.56. The van der Waals surface area contributed by atoms with Gasteiger partial charge in [0.25, 0.3) is 5.56 Å². The number of hydrogen-bond donors (Lipinski definition) is 0. The van der Waals surface area contributed by atoms with Gasteiger partial charge in [-0.1, -0.05) is 6.07 Å². The average molecular weight is 628 g/mol. The molecule has 0 N–H and O–H groups in total. The maximum Gasteiger partial charge on any atom is 0.332 e. The van der Waals surface area contributed by atoms with Gasteiger partial charge in [-0.2, -0.15) is 0 Å². The summed E-state index contributed by atoms with van der Waals surface area (Å²) >= 11 is 0. The van der Waals surface area contributed by atoms with E-state index in [0.29, 0.717) is 48.5 Å². The second-order valence-corrected chi connectivity index (χ2v) is 11.8. The molecule has 1 amide bonds. The van der Waals surface area contributed by atoms with Crippen LogP contribution in [-0.2, 0) is 16.1 Å². The molecule has 242 valence electrons. The molecule has 45 heavy (non-hydrogen) atoms. The van der Waals surface area contributed by atoms with E-state index in [1.807, 2.05) is 0 Å². The number of Topliss-reactive ketones (excluding diaryl/α,β-unsaturated/α-hetero) is 1. The first-order valence-electron chi connectivity index (χ1n) is 15.5. The van der Waals surface area contributed by atoms with Crippen molar-refractivity contribution < 1.29 is 32.6 Å². The minimum Gasteiger partial charge on any atom is -0.487 e. The number of amides is 1. The van der Waals surface area contributed by atoms with Crippen LogP contribution in [0.1, 0.15) is 64.0 Å². The summed E-state index contributed by atoms with van der Waals surface area (Å²) in [5.41, 5.74) is -0.176. The van der Waals surface area contributed by atoms with Crippen LogP contribution in [0.15, 0.2) is 46.0 Å². The number of halogens is 2. The van der Waals surface area contributed by atoms with Gasteiger partial charge in [0.2, 0.25) is 6.41 Å². The van der Waals surface area contributed by atoms with Gasteiger partial charge in [0.05, 0.1) is 23.6 Å². The lowest BCUT2D eigenvalue weighted by atomic mass is 10.0. The highest BCUT2D eigenvalue weighted by Crippen LogP contribution is 2.34. The Morgan fingerprint density at radius 1 is 0.978 bits per heavy atom. The molecule has 2 aliphatic rings. The summed E-state index contributed by atoms with van der Waals surface area (Å²) in [4.78, 5) is 53.0. The van der Waals surface area contributed by atoms with Crippen LogP contribution in [-0.4, -0.2) is 71.0 Å². The minimum atomic E-state index is -1.32. The standard InChI is InChI=1S/C33H39F2N3O7/c1-21(40)22(2)43-31-15-23(7-10-30(31)45-25-5-3-4-6-25)19-37-32(41)28-16-26(44-27(17-34)18-35)8-9-29(28)38(33(37)42)24-11-13-36(20-39)14-12-24/h7-10,15-16,20,22,24-25,27H,3-6,11-14,17-19H2,1-2H3. The van der Waals surface area contributed by atoms with Crippen LogP contribution in [0.2, 0.25) is 0 Å². The molecular weight excluding hydrogens is 588 g/mol. The van der Waals surface area contributed by atoms with Crippen molar-refractivity contribution in [1.29, 1.82) is 0 Å². The lowest BCUT2D eigenvalue weighted by molar-refractivity contribution is -0.123. The molecule has 2 fully saturated rings. The van der Waals surface area contributed by atoms with Crippen molar-refractivity contribution in [1.82, 2.24) is 14.0 Å². The highest BCUT2D eigenvalue weighted by molar-refractivity contribution is 5.80.